The summed E-state index contributed by atoms with van der Waals surface area (Å²) in [5, 5.41) is 0. The van der Waals surface area contributed by atoms with Crippen molar-refractivity contribution in [3.63, 3.8) is 0 Å². The zero-order valence-electron chi connectivity index (χ0n) is 8.69. The molecule has 2 rings (SSSR count). The third-order valence-corrected chi connectivity index (χ3v) is 3.09. The molecule has 0 aliphatic heterocycles. The molecule has 1 saturated carbocycles. The van der Waals surface area contributed by atoms with Crippen molar-refractivity contribution in [3.05, 3.63) is 30.1 Å². The molecule has 2 heteroatoms. The topological polar surface area (TPSA) is 38.9 Å². The lowest BCUT2D eigenvalue weighted by atomic mass is 9.78. The van der Waals surface area contributed by atoms with Crippen LogP contribution < -0.4 is 5.73 Å². The zero-order valence-corrected chi connectivity index (χ0v) is 8.69. The smallest absolute Gasteiger partial charge is 0.0435 e. The van der Waals surface area contributed by atoms with E-state index in [4.69, 9.17) is 5.73 Å². The van der Waals surface area contributed by atoms with Crippen LogP contribution >= 0.6 is 0 Å². The first-order chi connectivity index (χ1) is 6.75. The molecule has 14 heavy (non-hydrogen) atoms. The predicted molar refractivity (Wildman–Crippen MR) is 58.0 cm³/mol. The first kappa shape index (κ1) is 9.66. The maximum Gasteiger partial charge on any atom is 0.0435 e. The fourth-order valence-corrected chi connectivity index (χ4v) is 2.52. The van der Waals surface area contributed by atoms with Crippen LogP contribution in [0.2, 0.25) is 0 Å². The van der Waals surface area contributed by atoms with Gasteiger partial charge in [0.1, 0.15) is 0 Å². The largest absolute Gasteiger partial charge is 0.328 e. The number of nitrogens with zero attached hydrogens (tertiary/aromatic N) is 1. The molecule has 2 nitrogen and oxygen atoms in total. The highest BCUT2D eigenvalue weighted by atomic mass is 14.7. The van der Waals surface area contributed by atoms with Crippen LogP contribution in [0.4, 0.5) is 0 Å². The summed E-state index contributed by atoms with van der Waals surface area (Å²) in [7, 11) is 0. The van der Waals surface area contributed by atoms with Crippen LogP contribution in [0.1, 0.15) is 37.8 Å². The molecular weight excluding hydrogens is 172 g/mol. The number of hydrogen-bond acceptors (Lipinski definition) is 2. The first-order valence-electron chi connectivity index (χ1n) is 5.42. The normalized spacial score (nSPS) is 32.9. The molecule has 0 bridgehead atoms. The lowest BCUT2D eigenvalue weighted by molar-refractivity contribution is 0.304. The van der Waals surface area contributed by atoms with Gasteiger partial charge in [0.05, 0.1) is 0 Å². The van der Waals surface area contributed by atoms with E-state index in [1.54, 1.807) is 0 Å². The average molecular weight is 190 g/mol. The van der Waals surface area contributed by atoms with Gasteiger partial charge in [0.2, 0.25) is 0 Å². The Morgan fingerprint density at radius 3 is 2.79 bits per heavy atom. The van der Waals surface area contributed by atoms with Gasteiger partial charge in [-0.2, -0.15) is 0 Å². The highest BCUT2D eigenvalue weighted by molar-refractivity contribution is 5.11. The van der Waals surface area contributed by atoms with Crippen LogP contribution in [-0.2, 0) is 0 Å². The van der Waals surface area contributed by atoms with Crippen LogP contribution in [0.5, 0.6) is 0 Å². The van der Waals surface area contributed by atoms with Crippen molar-refractivity contribution >= 4 is 0 Å². The molecule has 1 aromatic heterocycles. The van der Waals surface area contributed by atoms with E-state index >= 15 is 0 Å². The van der Waals surface area contributed by atoms with Crippen molar-refractivity contribution in [1.29, 1.82) is 0 Å². The van der Waals surface area contributed by atoms with Crippen molar-refractivity contribution in [3.8, 4) is 0 Å². The van der Waals surface area contributed by atoms with Crippen molar-refractivity contribution in [1.82, 2.24) is 4.98 Å². The molecule has 1 heterocycles. The monoisotopic (exact) mass is 190 g/mol. The molecule has 2 N–H and O–H groups in total. The van der Waals surface area contributed by atoms with E-state index in [1.807, 2.05) is 12.3 Å². The molecule has 1 aromatic rings. The van der Waals surface area contributed by atoms with Crippen molar-refractivity contribution in [2.45, 2.75) is 38.1 Å². The molecule has 76 valence electrons. The van der Waals surface area contributed by atoms with Gasteiger partial charge in [-0.15, -0.1) is 0 Å². The second-order valence-electron chi connectivity index (χ2n) is 4.52. The third-order valence-electron chi connectivity index (χ3n) is 3.09. The summed E-state index contributed by atoms with van der Waals surface area (Å²) in [6.07, 6.45) is 5.38. The van der Waals surface area contributed by atoms with E-state index in [9.17, 15) is 0 Å². The fraction of sp³-hybridized carbons (Fsp3) is 0.583. The van der Waals surface area contributed by atoms with Crippen LogP contribution in [-0.4, -0.2) is 11.0 Å². The average Bonchev–Trinajstić information content (AvgIpc) is 2.18. The molecule has 1 fully saturated rings. The van der Waals surface area contributed by atoms with Gasteiger partial charge in [-0.3, -0.25) is 4.98 Å². The highest BCUT2D eigenvalue weighted by Crippen LogP contribution is 2.34. The summed E-state index contributed by atoms with van der Waals surface area (Å²) in [6, 6.07) is 6.52. The minimum Gasteiger partial charge on any atom is -0.328 e. The molecule has 1 aliphatic rings. The van der Waals surface area contributed by atoms with Crippen LogP contribution in [0.15, 0.2) is 24.4 Å². The van der Waals surface area contributed by atoms with E-state index in [0.717, 1.165) is 12.3 Å². The van der Waals surface area contributed by atoms with Gasteiger partial charge in [-0.1, -0.05) is 13.0 Å². The molecule has 0 saturated heterocycles. The summed E-state index contributed by atoms with van der Waals surface area (Å²) in [5.41, 5.74) is 7.24. The Balaban J connectivity index is 2.11. The maximum absolute atomic E-state index is 6.03. The van der Waals surface area contributed by atoms with Gasteiger partial charge in [-0.25, -0.2) is 0 Å². The van der Waals surface area contributed by atoms with E-state index in [2.05, 4.69) is 24.0 Å². The van der Waals surface area contributed by atoms with Crippen molar-refractivity contribution in [2.75, 3.05) is 0 Å². The second kappa shape index (κ2) is 4.09. The van der Waals surface area contributed by atoms with E-state index in [1.165, 1.54) is 18.5 Å². The van der Waals surface area contributed by atoms with Gasteiger partial charge < -0.3 is 5.73 Å². The van der Waals surface area contributed by atoms with Crippen LogP contribution in [0, 0.1) is 5.92 Å². The Bertz CT molecular complexity index is 274. The highest BCUT2D eigenvalue weighted by Gasteiger charge is 2.25. The van der Waals surface area contributed by atoms with E-state index in [-0.39, 0.29) is 0 Å². The molecule has 3 unspecified atom stereocenters. The number of nitrogens with two attached hydrogens (primary N) is 1. The Labute approximate surface area is 85.5 Å². The standard InChI is InChI=1S/C12H18N2/c1-9-6-10(8-11(13)7-9)12-4-2-3-5-14-12/h2-5,9-11H,6-8,13H2,1H3. The van der Waals surface area contributed by atoms with Crippen LogP contribution in [0.3, 0.4) is 0 Å². The first-order valence-corrected chi connectivity index (χ1v) is 5.42. The lowest BCUT2D eigenvalue weighted by Gasteiger charge is -2.30. The van der Waals surface area contributed by atoms with Gasteiger partial charge in [0, 0.05) is 23.9 Å². The Kier molecular flexibility index (Phi) is 2.82. The van der Waals surface area contributed by atoms with Gasteiger partial charge in [-0.05, 0) is 37.3 Å². The number of pyridine rings is 1. The SMILES string of the molecule is CC1CC(N)CC(c2ccccn2)C1. The molecule has 0 spiro atoms. The Hall–Kier alpha value is -0.890. The minimum absolute atomic E-state index is 0.366. The van der Waals surface area contributed by atoms with E-state index < -0.39 is 0 Å². The van der Waals surface area contributed by atoms with Crippen LogP contribution in [0.25, 0.3) is 0 Å². The number of aromatic nitrogens is 1. The summed E-state index contributed by atoms with van der Waals surface area (Å²) in [6.45, 7) is 2.29. The van der Waals surface area contributed by atoms with Crippen molar-refractivity contribution in [2.24, 2.45) is 11.7 Å². The quantitative estimate of drug-likeness (QED) is 0.738. The molecule has 0 radical (unpaired) electrons. The predicted octanol–water partition coefficient (Wildman–Crippen LogP) is 2.31. The summed E-state index contributed by atoms with van der Waals surface area (Å²) >= 11 is 0. The Morgan fingerprint density at radius 2 is 2.14 bits per heavy atom. The molecule has 0 amide bonds. The summed E-state index contributed by atoms with van der Waals surface area (Å²) in [4.78, 5) is 4.42. The second-order valence-corrected chi connectivity index (χ2v) is 4.52. The number of rotatable bonds is 1. The third kappa shape index (κ3) is 2.13. The zero-order chi connectivity index (χ0) is 9.97. The molecule has 1 aliphatic carbocycles. The lowest BCUT2D eigenvalue weighted by Crippen LogP contribution is -2.31. The molecule has 3 atom stereocenters. The summed E-state index contributed by atoms with van der Waals surface area (Å²) in [5.74, 6) is 1.32. The Morgan fingerprint density at radius 1 is 1.29 bits per heavy atom. The van der Waals surface area contributed by atoms with Crippen molar-refractivity contribution < 1.29 is 0 Å². The number of hydrogen-bond donors (Lipinski definition) is 1. The molecular formula is C12H18N2. The van der Waals surface area contributed by atoms with Gasteiger partial charge in [0.15, 0.2) is 0 Å². The molecule has 0 aromatic carbocycles. The minimum atomic E-state index is 0.366. The maximum atomic E-state index is 6.03. The summed E-state index contributed by atoms with van der Waals surface area (Å²) < 4.78 is 0. The van der Waals surface area contributed by atoms with E-state index in [0.29, 0.717) is 12.0 Å². The van der Waals surface area contributed by atoms with Gasteiger partial charge >= 0.3 is 0 Å². The van der Waals surface area contributed by atoms with Gasteiger partial charge in [0.25, 0.3) is 0 Å². The fourth-order valence-electron chi connectivity index (χ4n) is 2.52.